The summed E-state index contributed by atoms with van der Waals surface area (Å²) in [4.78, 5) is 36.8. The van der Waals surface area contributed by atoms with Crippen LogP contribution in [-0.4, -0.2) is 22.0 Å². The number of anilines is 1. The van der Waals surface area contributed by atoms with E-state index in [0.717, 1.165) is 0 Å². The van der Waals surface area contributed by atoms with E-state index in [1.807, 2.05) is 0 Å². The number of oxazole rings is 1. The standard InChI is InChI=1S/C16H12N2O5/c19-14(7-9-3-1-2-4-11(9)15(20)21)17-10-5-6-13-12(8-10)18-16(22)23-13/h1-6,8H,7H2,(H,17,19)(H,18,22)(H,20,21). The number of aromatic amines is 1. The number of aromatic nitrogens is 1. The van der Waals surface area contributed by atoms with Crippen molar-refractivity contribution in [2.75, 3.05) is 5.32 Å². The van der Waals surface area contributed by atoms with Gasteiger partial charge in [-0.2, -0.15) is 0 Å². The maximum Gasteiger partial charge on any atom is 0.417 e. The van der Waals surface area contributed by atoms with E-state index < -0.39 is 11.7 Å². The number of carbonyl (C=O) groups is 2. The van der Waals surface area contributed by atoms with E-state index in [1.165, 1.54) is 6.07 Å². The minimum atomic E-state index is -1.08. The summed E-state index contributed by atoms with van der Waals surface area (Å²) in [5.74, 6) is -2.01. The average Bonchev–Trinajstić information content (AvgIpc) is 2.86. The van der Waals surface area contributed by atoms with Crippen LogP contribution < -0.4 is 11.1 Å². The van der Waals surface area contributed by atoms with Gasteiger partial charge in [0.05, 0.1) is 17.5 Å². The zero-order chi connectivity index (χ0) is 16.4. The summed E-state index contributed by atoms with van der Waals surface area (Å²) in [5.41, 5.74) is 1.86. The highest BCUT2D eigenvalue weighted by molar-refractivity contribution is 5.96. The Morgan fingerprint density at radius 2 is 1.96 bits per heavy atom. The fourth-order valence-electron chi connectivity index (χ4n) is 2.29. The van der Waals surface area contributed by atoms with E-state index in [0.29, 0.717) is 22.4 Å². The molecule has 0 aliphatic carbocycles. The molecule has 3 rings (SSSR count). The van der Waals surface area contributed by atoms with Crippen LogP contribution in [0.25, 0.3) is 11.1 Å². The van der Waals surface area contributed by atoms with Crippen LogP contribution in [0.15, 0.2) is 51.7 Å². The molecule has 0 bridgehead atoms. The number of carbonyl (C=O) groups excluding carboxylic acids is 1. The van der Waals surface area contributed by atoms with Crippen molar-refractivity contribution in [1.29, 1.82) is 0 Å². The highest BCUT2D eigenvalue weighted by atomic mass is 16.4. The van der Waals surface area contributed by atoms with E-state index in [1.54, 1.807) is 36.4 Å². The Kier molecular flexibility index (Phi) is 3.68. The van der Waals surface area contributed by atoms with Crippen LogP contribution in [0.1, 0.15) is 15.9 Å². The molecule has 1 heterocycles. The molecule has 0 saturated heterocycles. The summed E-state index contributed by atoms with van der Waals surface area (Å²) in [6, 6.07) is 11.1. The first-order chi connectivity index (χ1) is 11.0. The number of fused-ring (bicyclic) bond motifs is 1. The Balaban J connectivity index is 1.78. The lowest BCUT2D eigenvalue weighted by Crippen LogP contribution is -2.16. The maximum atomic E-state index is 12.1. The van der Waals surface area contributed by atoms with Crippen molar-refractivity contribution in [2.24, 2.45) is 0 Å². The second kappa shape index (κ2) is 5.80. The molecular formula is C16H12N2O5. The van der Waals surface area contributed by atoms with Crippen LogP contribution in [0.3, 0.4) is 0 Å². The quantitative estimate of drug-likeness (QED) is 0.682. The lowest BCUT2D eigenvalue weighted by Gasteiger charge is -2.07. The molecule has 3 aromatic rings. The van der Waals surface area contributed by atoms with Gasteiger partial charge in [-0.05, 0) is 29.8 Å². The Morgan fingerprint density at radius 1 is 1.17 bits per heavy atom. The van der Waals surface area contributed by atoms with Crippen molar-refractivity contribution in [2.45, 2.75) is 6.42 Å². The van der Waals surface area contributed by atoms with Gasteiger partial charge in [-0.1, -0.05) is 18.2 Å². The van der Waals surface area contributed by atoms with Gasteiger partial charge in [-0.15, -0.1) is 0 Å². The summed E-state index contributed by atoms with van der Waals surface area (Å²) in [5, 5.41) is 11.8. The van der Waals surface area contributed by atoms with Crippen molar-refractivity contribution < 1.29 is 19.1 Å². The van der Waals surface area contributed by atoms with E-state index in [9.17, 15) is 14.4 Å². The van der Waals surface area contributed by atoms with Crippen molar-refractivity contribution in [3.8, 4) is 0 Å². The fraction of sp³-hybridized carbons (Fsp3) is 0.0625. The molecular weight excluding hydrogens is 300 g/mol. The molecule has 0 atom stereocenters. The molecule has 3 N–H and O–H groups in total. The van der Waals surface area contributed by atoms with Gasteiger partial charge in [0, 0.05) is 5.69 Å². The largest absolute Gasteiger partial charge is 0.478 e. The molecule has 23 heavy (non-hydrogen) atoms. The van der Waals surface area contributed by atoms with E-state index in [4.69, 9.17) is 9.52 Å². The first-order valence-corrected chi connectivity index (χ1v) is 6.77. The predicted octanol–water partition coefficient (Wildman–Crippen LogP) is 2.00. The Morgan fingerprint density at radius 3 is 2.74 bits per heavy atom. The highest BCUT2D eigenvalue weighted by Crippen LogP contribution is 2.17. The lowest BCUT2D eigenvalue weighted by molar-refractivity contribution is -0.115. The van der Waals surface area contributed by atoms with Crippen LogP contribution in [-0.2, 0) is 11.2 Å². The number of hydrogen-bond acceptors (Lipinski definition) is 4. The Bertz CT molecular complexity index is 954. The second-order valence-corrected chi connectivity index (χ2v) is 4.91. The zero-order valence-electron chi connectivity index (χ0n) is 11.8. The van der Waals surface area contributed by atoms with Gasteiger partial charge < -0.3 is 14.8 Å². The Hall–Kier alpha value is -3.35. The molecule has 0 fully saturated rings. The SMILES string of the molecule is O=C(Cc1ccccc1C(=O)O)Nc1ccc2oc(=O)[nH]c2c1. The number of hydrogen-bond donors (Lipinski definition) is 3. The molecule has 2 aromatic carbocycles. The van der Waals surface area contributed by atoms with Crippen molar-refractivity contribution in [1.82, 2.24) is 4.98 Å². The molecule has 116 valence electrons. The molecule has 0 radical (unpaired) electrons. The van der Waals surface area contributed by atoms with E-state index in [-0.39, 0.29) is 17.9 Å². The van der Waals surface area contributed by atoms with Crippen molar-refractivity contribution in [3.63, 3.8) is 0 Å². The number of amides is 1. The molecule has 0 saturated carbocycles. The van der Waals surface area contributed by atoms with Gasteiger partial charge in [0.2, 0.25) is 5.91 Å². The third-order valence-electron chi connectivity index (χ3n) is 3.30. The molecule has 0 spiro atoms. The number of aromatic carboxylic acids is 1. The molecule has 1 aromatic heterocycles. The summed E-state index contributed by atoms with van der Waals surface area (Å²) in [6.07, 6.45) is -0.0670. The summed E-state index contributed by atoms with van der Waals surface area (Å²) >= 11 is 0. The normalized spacial score (nSPS) is 10.6. The zero-order valence-corrected chi connectivity index (χ0v) is 11.8. The molecule has 0 aliphatic heterocycles. The molecule has 7 heteroatoms. The van der Waals surface area contributed by atoms with Crippen molar-refractivity contribution in [3.05, 3.63) is 64.1 Å². The number of carboxylic acid groups (broad SMARTS) is 1. The minimum absolute atomic E-state index is 0.0670. The van der Waals surface area contributed by atoms with Gasteiger partial charge >= 0.3 is 11.7 Å². The fourth-order valence-corrected chi connectivity index (χ4v) is 2.29. The van der Waals surface area contributed by atoms with Crippen LogP contribution in [0.4, 0.5) is 5.69 Å². The van der Waals surface area contributed by atoms with E-state index in [2.05, 4.69) is 10.3 Å². The van der Waals surface area contributed by atoms with Gasteiger partial charge in [0.1, 0.15) is 0 Å². The third kappa shape index (κ3) is 3.13. The molecule has 7 nitrogen and oxygen atoms in total. The highest BCUT2D eigenvalue weighted by Gasteiger charge is 2.13. The van der Waals surface area contributed by atoms with Gasteiger partial charge in [-0.3, -0.25) is 9.78 Å². The number of H-pyrrole nitrogens is 1. The Labute approximate surface area is 129 Å². The third-order valence-corrected chi connectivity index (χ3v) is 3.30. The predicted molar refractivity (Wildman–Crippen MR) is 82.6 cm³/mol. The number of benzene rings is 2. The maximum absolute atomic E-state index is 12.1. The first kappa shape index (κ1) is 14.6. The van der Waals surface area contributed by atoms with Crippen LogP contribution in [0, 0.1) is 0 Å². The second-order valence-electron chi connectivity index (χ2n) is 4.91. The smallest absolute Gasteiger partial charge is 0.417 e. The monoisotopic (exact) mass is 312 g/mol. The first-order valence-electron chi connectivity index (χ1n) is 6.77. The molecule has 1 amide bonds. The topological polar surface area (TPSA) is 112 Å². The number of nitrogens with one attached hydrogen (secondary N) is 2. The van der Waals surface area contributed by atoms with Crippen LogP contribution >= 0.6 is 0 Å². The number of rotatable bonds is 4. The van der Waals surface area contributed by atoms with Gasteiger partial charge in [0.25, 0.3) is 0 Å². The van der Waals surface area contributed by atoms with Crippen molar-refractivity contribution >= 4 is 28.7 Å². The summed E-state index contributed by atoms with van der Waals surface area (Å²) in [7, 11) is 0. The van der Waals surface area contributed by atoms with Crippen LogP contribution in [0.5, 0.6) is 0 Å². The van der Waals surface area contributed by atoms with Gasteiger partial charge in [0.15, 0.2) is 5.58 Å². The van der Waals surface area contributed by atoms with Gasteiger partial charge in [-0.25, -0.2) is 9.59 Å². The number of carboxylic acids is 1. The minimum Gasteiger partial charge on any atom is -0.478 e. The summed E-state index contributed by atoms with van der Waals surface area (Å²) < 4.78 is 4.88. The molecule has 0 unspecified atom stereocenters. The summed E-state index contributed by atoms with van der Waals surface area (Å²) in [6.45, 7) is 0. The van der Waals surface area contributed by atoms with Crippen LogP contribution in [0.2, 0.25) is 0 Å². The average molecular weight is 312 g/mol. The lowest BCUT2D eigenvalue weighted by atomic mass is 10.0. The van der Waals surface area contributed by atoms with E-state index >= 15 is 0 Å². The molecule has 0 aliphatic rings.